The van der Waals surface area contributed by atoms with E-state index in [1.54, 1.807) is 12.0 Å². The summed E-state index contributed by atoms with van der Waals surface area (Å²) in [5.41, 5.74) is -5.94. The van der Waals surface area contributed by atoms with Gasteiger partial charge in [0, 0.05) is 35.3 Å². The molecule has 5 rings (SSSR count). The fraction of sp³-hybridized carbons (Fsp3) is 0.769. The Balaban J connectivity index is 1.62. The zero-order valence-corrected chi connectivity index (χ0v) is 20.3. The normalized spacial score (nSPS) is 50.8. The molecule has 4 fully saturated rings. The van der Waals surface area contributed by atoms with Crippen molar-refractivity contribution < 1.29 is 33.4 Å². The highest BCUT2D eigenvalue weighted by Crippen LogP contribution is 2.72. The number of halogens is 2. The molecule has 0 aromatic heterocycles. The Kier molecular flexibility index (Phi) is 5.35. The Labute approximate surface area is 199 Å². The molecule has 8 heteroatoms. The molecule has 3 saturated carbocycles. The first-order chi connectivity index (χ1) is 15.9. The molecule has 0 bridgehead atoms. The Morgan fingerprint density at radius 1 is 1.32 bits per heavy atom. The van der Waals surface area contributed by atoms with Gasteiger partial charge in [-0.2, -0.15) is 5.06 Å². The molecule has 34 heavy (non-hydrogen) atoms. The molecule has 4 aliphatic carbocycles. The Hall–Kier alpha value is -1.48. The molecule has 0 amide bonds. The van der Waals surface area contributed by atoms with Crippen LogP contribution in [0.2, 0.25) is 0 Å². The van der Waals surface area contributed by atoms with Gasteiger partial charge in [-0.3, -0.25) is 14.4 Å². The van der Waals surface area contributed by atoms with E-state index in [1.165, 1.54) is 18.2 Å². The molecule has 6 nitrogen and oxygen atoms in total. The maximum atomic E-state index is 17.3. The van der Waals surface area contributed by atoms with E-state index in [2.05, 4.69) is 0 Å². The van der Waals surface area contributed by atoms with Crippen molar-refractivity contribution in [3.05, 3.63) is 23.8 Å². The molecule has 1 unspecified atom stereocenters. The predicted molar refractivity (Wildman–Crippen MR) is 120 cm³/mol. The number of fused-ring (bicyclic) bond motifs is 7. The van der Waals surface area contributed by atoms with Crippen molar-refractivity contribution in [2.45, 2.75) is 83.0 Å². The summed E-state index contributed by atoms with van der Waals surface area (Å²) in [6.07, 6.45) is 1.86. The lowest BCUT2D eigenvalue weighted by molar-refractivity contribution is -0.274. The third-order valence-electron chi connectivity index (χ3n) is 10.3. The first-order valence-corrected chi connectivity index (χ1v) is 12.5. The third kappa shape index (κ3) is 2.63. The van der Waals surface area contributed by atoms with Crippen molar-refractivity contribution in [1.29, 1.82) is 0 Å². The van der Waals surface area contributed by atoms with Crippen molar-refractivity contribution in [1.82, 2.24) is 5.06 Å². The molecular weight excluding hydrogens is 444 g/mol. The second kappa shape index (κ2) is 7.51. The minimum Gasteiger partial charge on any atom is -0.390 e. The summed E-state index contributed by atoms with van der Waals surface area (Å²) in [6.45, 7) is 7.18. The number of aliphatic hydroxyl groups excluding tert-OH is 2. The molecule has 0 aromatic rings. The van der Waals surface area contributed by atoms with Gasteiger partial charge in [-0.05, 0) is 63.2 Å². The number of rotatable bonds is 4. The van der Waals surface area contributed by atoms with Gasteiger partial charge < -0.3 is 10.2 Å². The van der Waals surface area contributed by atoms with E-state index in [9.17, 15) is 19.8 Å². The highest BCUT2D eigenvalue weighted by Gasteiger charge is 2.79. The van der Waals surface area contributed by atoms with E-state index in [1.807, 2.05) is 20.8 Å². The van der Waals surface area contributed by atoms with E-state index in [0.29, 0.717) is 13.0 Å². The average Bonchev–Trinajstić information content (AvgIpc) is 3.30. The molecule has 1 aliphatic heterocycles. The number of alkyl halides is 2. The van der Waals surface area contributed by atoms with Gasteiger partial charge in [-0.15, -0.1) is 0 Å². The minimum absolute atomic E-state index is 0.0474. The van der Waals surface area contributed by atoms with Gasteiger partial charge in [0.2, 0.25) is 0 Å². The molecule has 0 radical (unpaired) electrons. The standard InChI is InChI=1S/C26H35F2NO5/c1-5-14(2)29-12-15-8-17-18-10-20(27)19-9-16(31)6-7-23(19,3)25(18,28)21(32)11-24(17,4)26(15,34-29)22(33)13-30/h6-7,9,14-15,17-18,20-21,30,32H,5,8,10-13H2,1-4H3/t14?,15-,17-,18-,20-,21-,23-,24-,25-,26-/m0/s1. The van der Waals surface area contributed by atoms with Crippen LogP contribution in [0.1, 0.15) is 53.4 Å². The van der Waals surface area contributed by atoms with E-state index in [4.69, 9.17) is 4.84 Å². The van der Waals surface area contributed by atoms with Gasteiger partial charge in [0.1, 0.15) is 12.8 Å². The molecule has 1 saturated heterocycles. The number of hydroxylamine groups is 2. The summed E-state index contributed by atoms with van der Waals surface area (Å²) < 4.78 is 32.8. The van der Waals surface area contributed by atoms with E-state index < -0.39 is 58.6 Å². The molecule has 5 aliphatic rings. The number of aliphatic hydroxyl groups is 2. The fourth-order valence-corrected chi connectivity index (χ4v) is 8.36. The topological polar surface area (TPSA) is 87.1 Å². The van der Waals surface area contributed by atoms with Crippen LogP contribution in [-0.4, -0.2) is 69.6 Å². The molecular formula is C26H35F2NO5. The third-order valence-corrected chi connectivity index (χ3v) is 10.3. The lowest BCUT2D eigenvalue weighted by Gasteiger charge is -2.63. The van der Waals surface area contributed by atoms with E-state index in [-0.39, 0.29) is 36.2 Å². The average molecular weight is 480 g/mol. The predicted octanol–water partition coefficient (Wildman–Crippen LogP) is 2.88. The molecule has 2 N–H and O–H groups in total. The second-order valence-corrected chi connectivity index (χ2v) is 11.6. The fourth-order valence-electron chi connectivity index (χ4n) is 8.36. The molecule has 10 atom stereocenters. The summed E-state index contributed by atoms with van der Waals surface area (Å²) in [7, 11) is 0. The van der Waals surface area contributed by atoms with Gasteiger partial charge in [-0.1, -0.05) is 19.9 Å². The van der Waals surface area contributed by atoms with E-state index in [0.717, 1.165) is 6.42 Å². The smallest absolute Gasteiger partial charge is 0.192 e. The second-order valence-electron chi connectivity index (χ2n) is 11.6. The van der Waals surface area contributed by atoms with Crippen LogP contribution in [0.4, 0.5) is 8.78 Å². The van der Waals surface area contributed by atoms with Crippen molar-refractivity contribution in [3.8, 4) is 0 Å². The van der Waals surface area contributed by atoms with Crippen LogP contribution in [0.3, 0.4) is 0 Å². The number of carbonyl (C=O) groups excluding carboxylic acids is 2. The zero-order chi connectivity index (χ0) is 24.8. The van der Waals surface area contributed by atoms with E-state index >= 15 is 8.78 Å². The van der Waals surface area contributed by atoms with Crippen molar-refractivity contribution in [2.75, 3.05) is 13.2 Å². The Morgan fingerprint density at radius 2 is 2.03 bits per heavy atom. The summed E-state index contributed by atoms with van der Waals surface area (Å²) in [5.74, 6) is -2.44. The summed E-state index contributed by atoms with van der Waals surface area (Å²) >= 11 is 0. The number of Topliss-reactive ketones (excluding diaryl/α,β-unsaturated/α-hetero) is 1. The van der Waals surface area contributed by atoms with Crippen LogP contribution in [0.15, 0.2) is 23.8 Å². The maximum Gasteiger partial charge on any atom is 0.192 e. The largest absolute Gasteiger partial charge is 0.390 e. The van der Waals surface area contributed by atoms with Gasteiger partial charge in [0.25, 0.3) is 0 Å². The first kappa shape index (κ1) is 24.2. The van der Waals surface area contributed by atoms with Crippen LogP contribution in [-0.2, 0) is 14.4 Å². The lowest BCUT2D eigenvalue weighted by Crippen LogP contribution is -2.70. The van der Waals surface area contributed by atoms with Gasteiger partial charge in [0.05, 0.1) is 6.10 Å². The highest BCUT2D eigenvalue weighted by atomic mass is 19.1. The van der Waals surface area contributed by atoms with Gasteiger partial charge in [-0.25, -0.2) is 8.78 Å². The number of carbonyl (C=O) groups is 2. The van der Waals surface area contributed by atoms with Crippen molar-refractivity contribution in [3.63, 3.8) is 0 Å². The Bertz CT molecular complexity index is 984. The van der Waals surface area contributed by atoms with Crippen LogP contribution in [0, 0.1) is 28.6 Å². The van der Waals surface area contributed by atoms with Crippen molar-refractivity contribution >= 4 is 11.6 Å². The molecule has 1 heterocycles. The van der Waals surface area contributed by atoms with Crippen LogP contribution in [0.5, 0.6) is 0 Å². The molecule has 0 aromatic carbocycles. The Morgan fingerprint density at radius 3 is 2.68 bits per heavy atom. The zero-order valence-electron chi connectivity index (χ0n) is 20.3. The molecule has 188 valence electrons. The van der Waals surface area contributed by atoms with Crippen LogP contribution < -0.4 is 0 Å². The quantitative estimate of drug-likeness (QED) is 0.645. The maximum absolute atomic E-state index is 17.3. The van der Waals surface area contributed by atoms with Crippen LogP contribution in [0.25, 0.3) is 0 Å². The van der Waals surface area contributed by atoms with Gasteiger partial charge >= 0.3 is 0 Å². The van der Waals surface area contributed by atoms with Gasteiger partial charge in [0.15, 0.2) is 22.8 Å². The number of allylic oxidation sites excluding steroid dienone is 4. The summed E-state index contributed by atoms with van der Waals surface area (Å²) in [5, 5.41) is 23.2. The molecule has 0 spiro atoms. The SMILES string of the molecule is CCC(C)N1C[C@@H]2C[C@H]3[C@@H]4C[C@H](F)C5=CC(=O)C=C[C@]5(C)[C@@]4(F)[C@@H](O)C[C@]3(C)[C@]2(C(=O)CO)O1. The minimum atomic E-state index is -2.19. The lowest BCUT2D eigenvalue weighted by atomic mass is 9.44. The number of ketones is 2. The number of hydrogen-bond donors (Lipinski definition) is 2. The summed E-state index contributed by atoms with van der Waals surface area (Å²) in [4.78, 5) is 31.8. The number of hydrogen-bond acceptors (Lipinski definition) is 6. The first-order valence-electron chi connectivity index (χ1n) is 12.5. The number of nitrogens with zero attached hydrogens (tertiary/aromatic N) is 1. The highest BCUT2D eigenvalue weighted by molar-refractivity contribution is 6.01. The monoisotopic (exact) mass is 479 g/mol. The summed E-state index contributed by atoms with van der Waals surface area (Å²) in [6, 6.07) is 0.0474. The van der Waals surface area contributed by atoms with Crippen molar-refractivity contribution in [2.24, 2.45) is 28.6 Å². The van der Waals surface area contributed by atoms with Crippen LogP contribution >= 0.6 is 0 Å².